The maximum atomic E-state index is 13.4. The van der Waals surface area contributed by atoms with Crippen LogP contribution in [0.3, 0.4) is 0 Å². The average molecular weight is 269 g/mol. The number of methoxy groups -OCH3 is 1. The Hall–Kier alpha value is -1.49. The van der Waals surface area contributed by atoms with Crippen molar-refractivity contribution in [2.75, 3.05) is 38.3 Å². The second-order valence-corrected chi connectivity index (χ2v) is 4.74. The molecule has 0 saturated heterocycles. The molecular weight excluding hydrogens is 245 g/mol. The molecule has 0 saturated carbocycles. The quantitative estimate of drug-likeness (QED) is 0.747. The minimum Gasteiger partial charge on any atom is -0.494 e. The van der Waals surface area contributed by atoms with Crippen LogP contribution in [-0.2, 0) is 0 Å². The summed E-state index contributed by atoms with van der Waals surface area (Å²) in [5.41, 5.74) is 6.87. The van der Waals surface area contributed by atoms with E-state index in [1.807, 2.05) is 0 Å². The zero-order valence-electron chi connectivity index (χ0n) is 12.2. The first-order valence-corrected chi connectivity index (χ1v) is 6.56. The zero-order chi connectivity index (χ0) is 14.4. The third-order valence-electron chi connectivity index (χ3n) is 3.45. The van der Waals surface area contributed by atoms with Gasteiger partial charge in [-0.1, -0.05) is 6.92 Å². The predicted molar refractivity (Wildman–Crippen MR) is 78.2 cm³/mol. The molecule has 1 atom stereocenters. The van der Waals surface area contributed by atoms with Gasteiger partial charge in [0.05, 0.1) is 18.5 Å². The van der Waals surface area contributed by atoms with Crippen molar-refractivity contribution < 1.29 is 9.13 Å². The highest BCUT2D eigenvalue weighted by Crippen LogP contribution is 2.27. The van der Waals surface area contributed by atoms with E-state index in [1.54, 1.807) is 6.07 Å². The van der Waals surface area contributed by atoms with Crippen molar-refractivity contribution in [2.45, 2.75) is 26.3 Å². The van der Waals surface area contributed by atoms with Crippen molar-refractivity contribution in [3.8, 4) is 5.75 Å². The molecular formula is C14H24FN3O. The summed E-state index contributed by atoms with van der Waals surface area (Å²) in [6.07, 6.45) is 1.11. The fourth-order valence-corrected chi connectivity index (χ4v) is 1.78. The average Bonchev–Trinajstić information content (AvgIpc) is 2.40. The Morgan fingerprint density at radius 1 is 1.47 bits per heavy atom. The first kappa shape index (κ1) is 15.6. The highest BCUT2D eigenvalue weighted by molar-refractivity contribution is 5.68. The number of nitrogens with two attached hydrogens (primary N) is 1. The third-order valence-corrected chi connectivity index (χ3v) is 3.45. The number of likely N-dealkylation sites (N-methyl/N-ethyl adjacent to an activating group) is 1. The van der Waals surface area contributed by atoms with E-state index in [0.29, 0.717) is 17.4 Å². The van der Waals surface area contributed by atoms with Gasteiger partial charge in [0.1, 0.15) is 0 Å². The number of nitrogens with zero attached hydrogens (tertiary/aromatic N) is 1. The molecule has 0 aliphatic heterocycles. The van der Waals surface area contributed by atoms with Gasteiger partial charge in [0, 0.05) is 31.3 Å². The molecule has 1 rings (SSSR count). The molecule has 108 valence electrons. The SMILES string of the molecule is CCC(C)N(C)CCNc1cc(OC)c(F)cc1N. The lowest BCUT2D eigenvalue weighted by Crippen LogP contribution is -2.32. The fourth-order valence-electron chi connectivity index (χ4n) is 1.78. The van der Waals surface area contributed by atoms with Crippen molar-refractivity contribution in [1.82, 2.24) is 4.90 Å². The van der Waals surface area contributed by atoms with Crippen LogP contribution in [0.5, 0.6) is 5.75 Å². The summed E-state index contributed by atoms with van der Waals surface area (Å²) in [4.78, 5) is 2.27. The van der Waals surface area contributed by atoms with Gasteiger partial charge in [-0.05, 0) is 20.4 Å². The number of anilines is 2. The Labute approximate surface area is 114 Å². The maximum absolute atomic E-state index is 13.4. The smallest absolute Gasteiger partial charge is 0.167 e. The van der Waals surface area contributed by atoms with E-state index in [4.69, 9.17) is 10.5 Å². The summed E-state index contributed by atoms with van der Waals surface area (Å²) in [5, 5.41) is 3.21. The van der Waals surface area contributed by atoms with Crippen LogP contribution in [0, 0.1) is 5.82 Å². The molecule has 0 amide bonds. The van der Waals surface area contributed by atoms with Crippen LogP contribution in [0.15, 0.2) is 12.1 Å². The minimum atomic E-state index is -0.442. The fraction of sp³-hybridized carbons (Fsp3) is 0.571. The van der Waals surface area contributed by atoms with Gasteiger partial charge >= 0.3 is 0 Å². The molecule has 0 heterocycles. The van der Waals surface area contributed by atoms with Gasteiger partial charge in [-0.3, -0.25) is 0 Å². The van der Waals surface area contributed by atoms with E-state index in [0.717, 1.165) is 19.5 Å². The van der Waals surface area contributed by atoms with Gasteiger partial charge < -0.3 is 20.7 Å². The first-order chi connectivity index (χ1) is 8.99. The molecule has 0 radical (unpaired) electrons. The van der Waals surface area contributed by atoms with Crippen molar-refractivity contribution in [3.63, 3.8) is 0 Å². The number of ether oxygens (including phenoxy) is 1. The van der Waals surface area contributed by atoms with Crippen LogP contribution < -0.4 is 15.8 Å². The van der Waals surface area contributed by atoms with E-state index in [2.05, 4.69) is 31.1 Å². The zero-order valence-corrected chi connectivity index (χ0v) is 12.2. The Morgan fingerprint density at radius 2 is 2.16 bits per heavy atom. The Balaban J connectivity index is 2.58. The normalized spacial score (nSPS) is 12.5. The molecule has 0 fully saturated rings. The van der Waals surface area contributed by atoms with Crippen molar-refractivity contribution in [2.24, 2.45) is 0 Å². The second kappa shape index (κ2) is 7.19. The third kappa shape index (κ3) is 4.28. The molecule has 0 aromatic heterocycles. The highest BCUT2D eigenvalue weighted by atomic mass is 19.1. The van der Waals surface area contributed by atoms with Crippen LogP contribution in [0.25, 0.3) is 0 Å². The molecule has 0 aliphatic rings. The van der Waals surface area contributed by atoms with Gasteiger partial charge in [-0.25, -0.2) is 4.39 Å². The summed E-state index contributed by atoms with van der Waals surface area (Å²) < 4.78 is 18.3. The minimum absolute atomic E-state index is 0.201. The number of nitrogen functional groups attached to an aromatic ring is 1. The summed E-state index contributed by atoms with van der Waals surface area (Å²) >= 11 is 0. The molecule has 0 bridgehead atoms. The van der Waals surface area contributed by atoms with Gasteiger partial charge in [0.25, 0.3) is 0 Å². The molecule has 0 spiro atoms. The number of hydrogen-bond donors (Lipinski definition) is 2. The monoisotopic (exact) mass is 269 g/mol. The van der Waals surface area contributed by atoms with Gasteiger partial charge in [-0.2, -0.15) is 0 Å². The van der Waals surface area contributed by atoms with Crippen molar-refractivity contribution in [3.05, 3.63) is 17.9 Å². The lowest BCUT2D eigenvalue weighted by atomic mass is 10.2. The molecule has 0 aliphatic carbocycles. The molecule has 4 nitrogen and oxygen atoms in total. The molecule has 1 unspecified atom stereocenters. The lowest BCUT2D eigenvalue weighted by molar-refractivity contribution is 0.261. The maximum Gasteiger partial charge on any atom is 0.167 e. The first-order valence-electron chi connectivity index (χ1n) is 6.56. The van der Waals surface area contributed by atoms with Crippen LogP contribution in [-0.4, -0.2) is 38.2 Å². The second-order valence-electron chi connectivity index (χ2n) is 4.74. The summed E-state index contributed by atoms with van der Waals surface area (Å²) in [6.45, 7) is 6.00. The predicted octanol–water partition coefficient (Wildman–Crippen LogP) is 2.56. The van der Waals surface area contributed by atoms with Gasteiger partial charge in [-0.15, -0.1) is 0 Å². The summed E-state index contributed by atoms with van der Waals surface area (Å²) in [7, 11) is 3.53. The van der Waals surface area contributed by atoms with Crippen molar-refractivity contribution in [1.29, 1.82) is 0 Å². The summed E-state index contributed by atoms with van der Waals surface area (Å²) in [6, 6.07) is 3.41. The van der Waals surface area contributed by atoms with E-state index in [-0.39, 0.29) is 5.75 Å². The Kier molecular flexibility index (Phi) is 5.89. The number of halogens is 1. The van der Waals surface area contributed by atoms with Gasteiger partial charge in [0.2, 0.25) is 0 Å². The van der Waals surface area contributed by atoms with E-state index >= 15 is 0 Å². The number of nitrogens with one attached hydrogen (secondary N) is 1. The van der Waals surface area contributed by atoms with Crippen LogP contribution in [0.2, 0.25) is 0 Å². The number of hydrogen-bond acceptors (Lipinski definition) is 4. The van der Waals surface area contributed by atoms with Crippen LogP contribution in [0.4, 0.5) is 15.8 Å². The Bertz CT molecular complexity index is 412. The largest absolute Gasteiger partial charge is 0.494 e. The van der Waals surface area contributed by atoms with Crippen molar-refractivity contribution >= 4 is 11.4 Å². The topological polar surface area (TPSA) is 50.5 Å². The lowest BCUT2D eigenvalue weighted by Gasteiger charge is -2.24. The standard InChI is InChI=1S/C14H24FN3O/c1-5-10(2)18(3)7-6-17-13-9-14(19-4)11(15)8-12(13)16/h8-10,17H,5-7,16H2,1-4H3. The molecule has 1 aromatic rings. The van der Waals surface area contributed by atoms with Crippen LogP contribution in [0.1, 0.15) is 20.3 Å². The summed E-state index contributed by atoms with van der Waals surface area (Å²) in [5.74, 6) is -0.241. The van der Waals surface area contributed by atoms with E-state index in [9.17, 15) is 4.39 Å². The Morgan fingerprint density at radius 3 is 2.74 bits per heavy atom. The molecule has 1 aromatic carbocycles. The van der Waals surface area contributed by atoms with E-state index in [1.165, 1.54) is 13.2 Å². The van der Waals surface area contributed by atoms with Gasteiger partial charge in [0.15, 0.2) is 11.6 Å². The molecule has 3 N–H and O–H groups in total. The highest BCUT2D eigenvalue weighted by Gasteiger charge is 2.09. The van der Waals surface area contributed by atoms with E-state index < -0.39 is 5.82 Å². The number of benzene rings is 1. The van der Waals surface area contributed by atoms with Crippen LogP contribution >= 0.6 is 0 Å². The number of rotatable bonds is 7. The molecule has 19 heavy (non-hydrogen) atoms. The molecule has 5 heteroatoms.